The molecule has 4 aromatic rings. The lowest BCUT2D eigenvalue weighted by atomic mass is 10.1. The first kappa shape index (κ1) is 47.6. The first-order valence-corrected chi connectivity index (χ1v) is 25.1. The summed E-state index contributed by atoms with van der Waals surface area (Å²) in [6, 6.07) is 20.3. The van der Waals surface area contributed by atoms with Gasteiger partial charge in [-0.2, -0.15) is 17.9 Å². The molecule has 7 N–H and O–H groups in total. The molecule has 14 atom stereocenters. The molecule has 4 aliphatic rings. The van der Waals surface area contributed by atoms with Crippen molar-refractivity contribution in [2.24, 2.45) is 0 Å². The van der Waals surface area contributed by atoms with E-state index in [0.717, 1.165) is 32.5 Å². The molecule has 27 nitrogen and oxygen atoms in total. The first-order chi connectivity index (χ1) is 30.7. The molecule has 4 aliphatic heterocycles. The summed E-state index contributed by atoms with van der Waals surface area (Å²) in [6.45, 7) is -1.91. The highest BCUT2D eigenvalue weighted by Gasteiger charge is 2.56. The summed E-state index contributed by atoms with van der Waals surface area (Å²) in [5, 5.41) is 0. The van der Waals surface area contributed by atoms with E-state index in [9.17, 15) is 52.2 Å². The maximum atomic E-state index is 12.9. The maximum Gasteiger partial charge on any atom is 0.490 e. The number of nitrogens with two attached hydrogens (primary N) is 1. The van der Waals surface area contributed by atoms with Crippen LogP contribution in [-0.4, -0.2) is 101 Å². The van der Waals surface area contributed by atoms with E-state index < -0.39 is 123 Å². The highest BCUT2D eigenvalue weighted by Crippen LogP contribution is 2.71. The fraction of sp³-hybridized carbons (Fsp3) is 0.412. The summed E-state index contributed by atoms with van der Waals surface area (Å²) < 4.78 is 111. The Balaban J connectivity index is 0.880. The van der Waals surface area contributed by atoms with Crippen molar-refractivity contribution in [1.29, 1.82) is 0 Å². The minimum atomic E-state index is -6.21. The van der Waals surface area contributed by atoms with Gasteiger partial charge in [0.2, 0.25) is 0 Å². The number of phosphoric acid groups is 4. The first-order valence-electron chi connectivity index (χ1n) is 19.1. The Bertz CT molecular complexity index is 2730. The second-order valence-corrected chi connectivity index (χ2v) is 20.8. The van der Waals surface area contributed by atoms with Crippen molar-refractivity contribution in [2.75, 3.05) is 18.9 Å². The molecule has 352 valence electrons. The van der Waals surface area contributed by atoms with Crippen LogP contribution in [-0.2, 0) is 81.5 Å². The number of H-pyrrole nitrogens is 1. The van der Waals surface area contributed by atoms with E-state index in [1.807, 2.05) is 12.1 Å². The predicted molar refractivity (Wildman–Crippen MR) is 214 cm³/mol. The third-order valence-corrected chi connectivity index (χ3v) is 15.9. The Labute approximate surface area is 364 Å². The number of rotatable bonds is 18. The smallest absolute Gasteiger partial charge is 0.383 e. The molecule has 2 aromatic carbocycles. The number of aromatic amines is 1. The van der Waals surface area contributed by atoms with Gasteiger partial charge in [0.15, 0.2) is 25.0 Å². The van der Waals surface area contributed by atoms with Crippen molar-refractivity contribution in [3.05, 3.63) is 128 Å². The Morgan fingerprint density at radius 1 is 0.585 bits per heavy atom. The number of hydrogen-bond acceptors (Lipinski definition) is 20. The number of fused-ring (bicyclic) bond motifs is 2. The number of anilines is 1. The predicted octanol–water partition coefficient (Wildman–Crippen LogP) is 1.36. The van der Waals surface area contributed by atoms with E-state index in [2.05, 4.69) is 22.9 Å². The molecule has 2 aromatic heterocycles. The van der Waals surface area contributed by atoms with Crippen LogP contribution in [0.3, 0.4) is 0 Å². The number of nitrogen functional groups attached to an aromatic ring is 1. The minimum absolute atomic E-state index is 0.0926. The summed E-state index contributed by atoms with van der Waals surface area (Å²) in [5.41, 5.74) is 4.78. The molecule has 31 heteroatoms. The Hall–Kier alpha value is -3.88. The maximum absolute atomic E-state index is 12.9. The van der Waals surface area contributed by atoms with Crippen molar-refractivity contribution >= 4 is 37.1 Å². The third kappa shape index (κ3) is 11.6. The van der Waals surface area contributed by atoms with Crippen LogP contribution in [0.4, 0.5) is 5.82 Å². The van der Waals surface area contributed by atoms with Gasteiger partial charge in [0.25, 0.3) is 5.56 Å². The van der Waals surface area contributed by atoms with Gasteiger partial charge in [0.05, 0.1) is 13.2 Å². The summed E-state index contributed by atoms with van der Waals surface area (Å²) >= 11 is 0. The zero-order chi connectivity index (χ0) is 46.3. The molecule has 0 spiro atoms. The van der Waals surface area contributed by atoms with Crippen molar-refractivity contribution in [3.8, 4) is 0 Å². The van der Waals surface area contributed by atoms with Crippen LogP contribution in [0.2, 0.25) is 0 Å². The van der Waals surface area contributed by atoms with Gasteiger partial charge in [-0.3, -0.25) is 28.0 Å². The average Bonchev–Trinajstić information content (AvgIpc) is 3.97. The monoisotopic (exact) mass is 993 g/mol. The number of phosphoric ester groups is 2. The normalized spacial score (nSPS) is 31.0. The van der Waals surface area contributed by atoms with Crippen molar-refractivity contribution in [2.45, 2.75) is 74.5 Å². The standard InChI is InChI=1S/C34H39N5O22P4/c35-23-11-13-38(33(41)36-23)31-29-27(55-25(57-29)15-19-7-3-1-4-8-19)21(53-31)17-51-62(43,44)59-64(47,48)61-65(49,50)60-63(45,46)52-18-22-28-30(32(54-22)39-14-12-24(40)37-34(39)42)58-26(56-28)16-20-9-5-2-6-10-20/h1-14,21-22,25-32H,15-18H2,(H,43,44)(H,45,46)(H,47,48)(H,49,50)(H2,35,36,41)(H,37,40,42)/t21-,22+,25-,26+,27-,28+,29-,30+,31-,32+/m1/s1. The molecule has 6 heterocycles. The van der Waals surface area contributed by atoms with Gasteiger partial charge in [-0.15, -0.1) is 0 Å². The molecular weight excluding hydrogens is 954 g/mol. The number of nitrogens with one attached hydrogen (secondary N) is 1. The van der Waals surface area contributed by atoms with Crippen LogP contribution in [0.25, 0.3) is 0 Å². The van der Waals surface area contributed by atoms with Gasteiger partial charge in [-0.05, 0) is 17.2 Å². The average molecular weight is 994 g/mol. The second kappa shape index (κ2) is 19.0. The third-order valence-electron chi connectivity index (χ3n) is 9.97. The van der Waals surface area contributed by atoms with Crippen molar-refractivity contribution in [1.82, 2.24) is 19.1 Å². The van der Waals surface area contributed by atoms with E-state index >= 15 is 0 Å². The minimum Gasteiger partial charge on any atom is -0.383 e. The van der Waals surface area contributed by atoms with Crippen LogP contribution in [0.5, 0.6) is 0 Å². The quantitative estimate of drug-likeness (QED) is 0.0766. The fourth-order valence-electron chi connectivity index (χ4n) is 7.37. The SMILES string of the molecule is Nc1ccn([C@@H]2O[C@H](COP(=O)(O)OP(=O)(O)OP(=O)(O)OP(=O)(O)OC[C@@H]3O[C@H](n4ccc(=O)[nH]c4=O)[C@H]4O[C@@H](Cc5ccccc5)O[C@H]43)[C@H]3O[C@@H](Cc4ccccc4)O[C@H]32)c(=O)n1. The molecule has 0 saturated carbocycles. The van der Waals surface area contributed by atoms with Crippen molar-refractivity contribution < 1.29 is 88.2 Å². The topological polar surface area (TPSA) is 366 Å². The molecule has 4 unspecified atom stereocenters. The van der Waals surface area contributed by atoms with Crippen LogP contribution >= 0.6 is 31.3 Å². The van der Waals surface area contributed by atoms with Gasteiger partial charge >= 0.3 is 42.7 Å². The zero-order valence-corrected chi connectivity index (χ0v) is 36.6. The molecule has 65 heavy (non-hydrogen) atoms. The Morgan fingerprint density at radius 3 is 1.48 bits per heavy atom. The molecule has 8 rings (SSSR count). The van der Waals surface area contributed by atoms with E-state index in [1.54, 1.807) is 48.5 Å². The van der Waals surface area contributed by atoms with Gasteiger partial charge < -0.3 is 53.7 Å². The number of aromatic nitrogens is 4. The van der Waals surface area contributed by atoms with E-state index in [4.69, 9.17) is 43.2 Å². The summed E-state index contributed by atoms with van der Waals surface area (Å²) in [4.78, 5) is 83.9. The van der Waals surface area contributed by atoms with Gasteiger partial charge in [-0.1, -0.05) is 60.7 Å². The van der Waals surface area contributed by atoms with Crippen LogP contribution in [0.15, 0.2) is 99.6 Å². The molecule has 0 bridgehead atoms. The molecule has 0 radical (unpaired) electrons. The molecule has 0 aliphatic carbocycles. The lowest BCUT2D eigenvalue weighted by Crippen LogP contribution is -2.36. The van der Waals surface area contributed by atoms with E-state index in [0.29, 0.717) is 0 Å². The molecule has 0 amide bonds. The molecular formula is C34H39N5O22P4. The van der Waals surface area contributed by atoms with E-state index in [-0.39, 0.29) is 18.7 Å². The van der Waals surface area contributed by atoms with Gasteiger partial charge in [0, 0.05) is 31.3 Å². The van der Waals surface area contributed by atoms with Crippen LogP contribution in [0.1, 0.15) is 23.6 Å². The second-order valence-electron chi connectivity index (χ2n) is 14.5. The van der Waals surface area contributed by atoms with Crippen LogP contribution in [0, 0.1) is 0 Å². The molecule has 4 saturated heterocycles. The van der Waals surface area contributed by atoms with Crippen LogP contribution < -0.4 is 22.7 Å². The number of ether oxygens (including phenoxy) is 6. The summed E-state index contributed by atoms with van der Waals surface area (Å²) in [6.07, 6.45) is -8.48. The lowest BCUT2D eigenvalue weighted by Gasteiger charge is -2.23. The fourth-order valence-corrected chi connectivity index (χ4v) is 12.3. The number of hydrogen-bond donors (Lipinski definition) is 6. The van der Waals surface area contributed by atoms with E-state index in [1.165, 1.54) is 12.3 Å². The summed E-state index contributed by atoms with van der Waals surface area (Å²) in [5.74, 6) is -0.0926. The number of benzene rings is 2. The number of nitrogens with zero attached hydrogens (tertiary/aromatic N) is 3. The Morgan fingerprint density at radius 2 is 1.02 bits per heavy atom. The summed E-state index contributed by atoms with van der Waals surface area (Å²) in [7, 11) is -24.0. The molecule has 4 fully saturated rings. The van der Waals surface area contributed by atoms with Gasteiger partial charge in [-0.25, -0.2) is 27.8 Å². The highest BCUT2D eigenvalue weighted by molar-refractivity contribution is 7.69. The lowest BCUT2D eigenvalue weighted by molar-refractivity contribution is -0.150. The van der Waals surface area contributed by atoms with Gasteiger partial charge in [0.1, 0.15) is 42.4 Å². The Kier molecular flexibility index (Phi) is 13.9. The van der Waals surface area contributed by atoms with Crippen molar-refractivity contribution in [3.63, 3.8) is 0 Å². The largest absolute Gasteiger partial charge is 0.490 e. The zero-order valence-electron chi connectivity index (χ0n) is 33.0. The highest BCUT2D eigenvalue weighted by atomic mass is 31.3.